The monoisotopic (exact) mass is 351 g/mol. The number of benzene rings is 2. The molecule has 0 aliphatic heterocycles. The van der Waals surface area contributed by atoms with Crippen LogP contribution < -0.4 is 0 Å². The quantitative estimate of drug-likeness (QED) is 0.864. The van der Waals surface area contributed by atoms with Crippen LogP contribution in [-0.4, -0.2) is 28.5 Å². The van der Waals surface area contributed by atoms with Gasteiger partial charge in [-0.15, -0.1) is 0 Å². The second-order valence-electron chi connectivity index (χ2n) is 8.37. The highest BCUT2D eigenvalue weighted by atomic mass is 16.3. The predicted octanol–water partition coefficient (Wildman–Crippen LogP) is 4.78. The van der Waals surface area contributed by atoms with E-state index in [9.17, 15) is 9.90 Å². The molecule has 0 aromatic heterocycles. The maximum Gasteiger partial charge on any atom is 0.254 e. The van der Waals surface area contributed by atoms with Crippen LogP contribution in [0.15, 0.2) is 48.5 Å². The van der Waals surface area contributed by atoms with Crippen LogP contribution in [0.1, 0.15) is 56.1 Å². The number of phenols is 1. The van der Waals surface area contributed by atoms with E-state index in [-0.39, 0.29) is 28.5 Å². The Hall–Kier alpha value is -2.29. The second-order valence-corrected chi connectivity index (χ2v) is 8.37. The van der Waals surface area contributed by atoms with E-state index < -0.39 is 0 Å². The number of hydrogen-bond acceptors (Lipinski definition) is 2. The summed E-state index contributed by atoms with van der Waals surface area (Å²) >= 11 is 0. The van der Waals surface area contributed by atoms with Crippen molar-refractivity contribution in [2.24, 2.45) is 5.41 Å². The van der Waals surface area contributed by atoms with Gasteiger partial charge >= 0.3 is 0 Å². The maximum absolute atomic E-state index is 13.3. The van der Waals surface area contributed by atoms with Crippen molar-refractivity contribution in [2.75, 3.05) is 6.54 Å². The topological polar surface area (TPSA) is 40.5 Å². The minimum absolute atomic E-state index is 0.0170. The third-order valence-corrected chi connectivity index (χ3v) is 6.62. The van der Waals surface area contributed by atoms with Crippen LogP contribution in [0.5, 0.6) is 5.75 Å². The molecule has 3 rings (SSSR count). The van der Waals surface area contributed by atoms with E-state index in [0.717, 1.165) is 6.42 Å². The third-order valence-electron chi connectivity index (χ3n) is 6.62. The largest absolute Gasteiger partial charge is 0.508 e. The second kappa shape index (κ2) is 6.46. The van der Waals surface area contributed by atoms with Crippen LogP contribution in [0.3, 0.4) is 0 Å². The lowest BCUT2D eigenvalue weighted by atomic mass is 9.55. The number of carbonyl (C=O) groups is 1. The van der Waals surface area contributed by atoms with Gasteiger partial charge in [-0.05, 0) is 53.5 Å². The van der Waals surface area contributed by atoms with Gasteiger partial charge in [-0.25, -0.2) is 0 Å². The molecule has 2 aromatic carbocycles. The Morgan fingerprint density at radius 3 is 2.46 bits per heavy atom. The molecule has 0 heterocycles. The standard InChI is InChI=1S/C23H29NO2/c1-6-24(21(26)17-11-9-12-18(25)14-17)20-15-16-10-7-8-13-19(16)22(2,3)23(20,4)5/h7-14,20,25H,6,15H2,1-5H3/t20-/m1/s1. The first kappa shape index (κ1) is 18.5. The lowest BCUT2D eigenvalue weighted by Crippen LogP contribution is -2.58. The third kappa shape index (κ3) is 2.80. The molecule has 0 unspecified atom stereocenters. The Morgan fingerprint density at radius 2 is 1.81 bits per heavy atom. The molecule has 3 nitrogen and oxygen atoms in total. The molecule has 0 fully saturated rings. The minimum Gasteiger partial charge on any atom is -0.508 e. The molecule has 0 radical (unpaired) electrons. The first-order valence-electron chi connectivity index (χ1n) is 9.38. The van der Waals surface area contributed by atoms with Crippen molar-refractivity contribution >= 4 is 5.91 Å². The van der Waals surface area contributed by atoms with Crippen LogP contribution in [0, 0.1) is 5.41 Å². The number of amides is 1. The van der Waals surface area contributed by atoms with Crippen LogP contribution in [-0.2, 0) is 11.8 Å². The van der Waals surface area contributed by atoms with Gasteiger partial charge in [0.2, 0.25) is 0 Å². The van der Waals surface area contributed by atoms with Gasteiger partial charge < -0.3 is 10.0 Å². The molecular weight excluding hydrogens is 322 g/mol. The summed E-state index contributed by atoms with van der Waals surface area (Å²) in [6, 6.07) is 15.3. The normalized spacial score (nSPS) is 20.3. The molecule has 1 aliphatic rings. The highest BCUT2D eigenvalue weighted by Crippen LogP contribution is 2.51. The van der Waals surface area contributed by atoms with E-state index >= 15 is 0 Å². The zero-order chi connectivity index (χ0) is 19.1. The molecule has 0 saturated heterocycles. The first-order chi connectivity index (χ1) is 12.2. The molecular formula is C23H29NO2. The fourth-order valence-corrected chi connectivity index (χ4v) is 4.35. The summed E-state index contributed by atoms with van der Waals surface area (Å²) in [6.45, 7) is 11.8. The molecule has 1 aliphatic carbocycles. The number of carbonyl (C=O) groups excluding carboxylic acids is 1. The highest BCUT2D eigenvalue weighted by molar-refractivity contribution is 5.95. The predicted molar refractivity (Wildman–Crippen MR) is 106 cm³/mol. The molecule has 0 spiro atoms. The number of nitrogens with zero attached hydrogens (tertiary/aromatic N) is 1. The SMILES string of the molecule is CCN(C(=O)c1cccc(O)c1)[C@@H]1Cc2ccccc2C(C)(C)C1(C)C. The van der Waals surface area contributed by atoms with Gasteiger partial charge in [0.05, 0.1) is 0 Å². The summed E-state index contributed by atoms with van der Waals surface area (Å²) in [6.07, 6.45) is 0.852. The van der Waals surface area contributed by atoms with E-state index in [1.54, 1.807) is 24.3 Å². The molecule has 1 N–H and O–H groups in total. The Labute approximate surface area is 156 Å². The van der Waals surface area contributed by atoms with Gasteiger partial charge in [0.25, 0.3) is 5.91 Å². The summed E-state index contributed by atoms with van der Waals surface area (Å²) < 4.78 is 0. The summed E-state index contributed by atoms with van der Waals surface area (Å²) in [5, 5.41) is 9.77. The zero-order valence-electron chi connectivity index (χ0n) is 16.4. The van der Waals surface area contributed by atoms with Crippen molar-refractivity contribution in [2.45, 2.75) is 52.5 Å². The molecule has 3 heteroatoms. The van der Waals surface area contributed by atoms with E-state index in [1.807, 2.05) is 11.8 Å². The van der Waals surface area contributed by atoms with Gasteiger partial charge in [-0.2, -0.15) is 0 Å². The number of aromatic hydroxyl groups is 1. The van der Waals surface area contributed by atoms with Crippen molar-refractivity contribution in [1.29, 1.82) is 0 Å². The average molecular weight is 351 g/mol. The molecule has 1 amide bonds. The summed E-state index contributed by atoms with van der Waals surface area (Å²) in [5.74, 6) is 0.108. The molecule has 0 bridgehead atoms. The fourth-order valence-electron chi connectivity index (χ4n) is 4.35. The van der Waals surface area contributed by atoms with Crippen LogP contribution >= 0.6 is 0 Å². The van der Waals surface area contributed by atoms with Crippen molar-refractivity contribution in [3.8, 4) is 5.75 Å². The zero-order valence-corrected chi connectivity index (χ0v) is 16.4. The Bertz CT molecular complexity index is 822. The number of fused-ring (bicyclic) bond motifs is 1. The average Bonchev–Trinajstić information content (AvgIpc) is 2.60. The molecule has 2 aromatic rings. The van der Waals surface area contributed by atoms with Gasteiger partial charge in [0, 0.05) is 18.2 Å². The Balaban J connectivity index is 2.05. The minimum atomic E-state index is -0.0934. The number of likely N-dealkylation sites (N-methyl/N-ethyl adjacent to an activating group) is 1. The van der Waals surface area contributed by atoms with E-state index in [1.165, 1.54) is 11.1 Å². The molecule has 1 atom stereocenters. The van der Waals surface area contributed by atoms with Gasteiger partial charge in [-0.3, -0.25) is 4.79 Å². The smallest absolute Gasteiger partial charge is 0.254 e. The Kier molecular flexibility index (Phi) is 4.60. The molecule has 26 heavy (non-hydrogen) atoms. The molecule has 138 valence electrons. The van der Waals surface area contributed by atoms with E-state index in [0.29, 0.717) is 12.1 Å². The van der Waals surface area contributed by atoms with Crippen LogP contribution in [0.25, 0.3) is 0 Å². The van der Waals surface area contributed by atoms with Crippen molar-refractivity contribution in [1.82, 2.24) is 4.90 Å². The van der Waals surface area contributed by atoms with Crippen LogP contribution in [0.4, 0.5) is 0 Å². The first-order valence-corrected chi connectivity index (χ1v) is 9.38. The van der Waals surface area contributed by atoms with Crippen LogP contribution in [0.2, 0.25) is 0 Å². The van der Waals surface area contributed by atoms with E-state index in [4.69, 9.17) is 0 Å². The van der Waals surface area contributed by atoms with E-state index in [2.05, 4.69) is 52.0 Å². The molecule has 0 saturated carbocycles. The Morgan fingerprint density at radius 1 is 1.12 bits per heavy atom. The van der Waals surface area contributed by atoms with Crippen molar-refractivity contribution in [3.63, 3.8) is 0 Å². The fraction of sp³-hybridized carbons (Fsp3) is 0.435. The van der Waals surface area contributed by atoms with Gasteiger partial charge in [0.1, 0.15) is 5.75 Å². The maximum atomic E-state index is 13.3. The number of hydrogen-bond donors (Lipinski definition) is 1. The van der Waals surface area contributed by atoms with Crippen molar-refractivity contribution in [3.05, 3.63) is 65.2 Å². The summed E-state index contributed by atoms with van der Waals surface area (Å²) in [4.78, 5) is 15.2. The number of rotatable bonds is 3. The summed E-state index contributed by atoms with van der Waals surface area (Å²) in [5.41, 5.74) is 3.09. The van der Waals surface area contributed by atoms with Gasteiger partial charge in [-0.1, -0.05) is 58.0 Å². The van der Waals surface area contributed by atoms with Gasteiger partial charge in [0.15, 0.2) is 0 Å². The van der Waals surface area contributed by atoms with Crippen molar-refractivity contribution < 1.29 is 9.90 Å². The summed E-state index contributed by atoms with van der Waals surface area (Å²) in [7, 11) is 0. The lowest BCUT2D eigenvalue weighted by Gasteiger charge is -2.55. The number of phenolic OH excluding ortho intramolecular Hbond substituents is 1. The lowest BCUT2D eigenvalue weighted by molar-refractivity contribution is 0.0214. The highest BCUT2D eigenvalue weighted by Gasteiger charge is 2.51.